The molecule has 0 saturated heterocycles. The molecule has 5 heteroatoms. The van der Waals surface area contributed by atoms with Gasteiger partial charge >= 0.3 is 0 Å². The molecule has 1 fully saturated rings. The molecule has 0 amide bonds. The molecule has 1 saturated carbocycles. The lowest BCUT2D eigenvalue weighted by Gasteiger charge is -2.17. The Bertz CT molecular complexity index is 433. The standard InChI is InChI=1S/C12H15FN2O2/c1-2-10(8-3-4-8)14-11-6-5-9(13)7-12(11)15(16)17/h5-8,10,14H,2-4H2,1H3. The van der Waals surface area contributed by atoms with E-state index in [1.807, 2.05) is 6.92 Å². The predicted molar refractivity (Wildman–Crippen MR) is 63.5 cm³/mol. The molecule has 4 nitrogen and oxygen atoms in total. The normalized spacial score (nSPS) is 16.6. The molecular weight excluding hydrogens is 223 g/mol. The molecule has 0 aromatic heterocycles. The zero-order chi connectivity index (χ0) is 12.4. The van der Waals surface area contributed by atoms with Gasteiger partial charge in [0.15, 0.2) is 0 Å². The Hall–Kier alpha value is -1.65. The van der Waals surface area contributed by atoms with Crippen LogP contribution < -0.4 is 5.32 Å². The number of nitro groups is 1. The minimum Gasteiger partial charge on any atom is -0.376 e. The van der Waals surface area contributed by atoms with E-state index in [0.717, 1.165) is 12.5 Å². The second-order valence-corrected chi connectivity index (χ2v) is 4.42. The average Bonchev–Trinajstić information content (AvgIpc) is 3.11. The van der Waals surface area contributed by atoms with Crippen LogP contribution >= 0.6 is 0 Å². The summed E-state index contributed by atoms with van der Waals surface area (Å²) in [7, 11) is 0. The third kappa shape index (κ3) is 2.72. The predicted octanol–water partition coefficient (Wildman–Crippen LogP) is 3.33. The maximum Gasteiger partial charge on any atom is 0.295 e. The van der Waals surface area contributed by atoms with E-state index >= 15 is 0 Å². The van der Waals surface area contributed by atoms with Gasteiger partial charge in [0.25, 0.3) is 5.69 Å². The molecule has 92 valence electrons. The van der Waals surface area contributed by atoms with Crippen LogP contribution in [-0.2, 0) is 0 Å². The van der Waals surface area contributed by atoms with E-state index in [1.54, 1.807) is 0 Å². The van der Waals surface area contributed by atoms with Gasteiger partial charge in [0.2, 0.25) is 0 Å². The molecule has 1 aliphatic rings. The van der Waals surface area contributed by atoms with Gasteiger partial charge in [-0.2, -0.15) is 0 Å². The fourth-order valence-electron chi connectivity index (χ4n) is 2.03. The summed E-state index contributed by atoms with van der Waals surface area (Å²) >= 11 is 0. The highest BCUT2D eigenvalue weighted by molar-refractivity contribution is 5.62. The van der Waals surface area contributed by atoms with Crippen molar-refractivity contribution in [2.45, 2.75) is 32.2 Å². The highest BCUT2D eigenvalue weighted by Gasteiger charge is 2.31. The Morgan fingerprint density at radius 2 is 2.29 bits per heavy atom. The van der Waals surface area contributed by atoms with Crippen LogP contribution in [0.15, 0.2) is 18.2 Å². The van der Waals surface area contributed by atoms with Gasteiger partial charge in [-0.25, -0.2) is 4.39 Å². The fraction of sp³-hybridized carbons (Fsp3) is 0.500. The van der Waals surface area contributed by atoms with Crippen LogP contribution in [0, 0.1) is 21.8 Å². The van der Waals surface area contributed by atoms with Crippen LogP contribution in [0.3, 0.4) is 0 Å². The molecule has 0 spiro atoms. The van der Waals surface area contributed by atoms with Gasteiger partial charge in [-0.1, -0.05) is 6.92 Å². The Morgan fingerprint density at radius 3 is 2.82 bits per heavy atom. The highest BCUT2D eigenvalue weighted by Crippen LogP contribution is 2.37. The number of rotatable bonds is 5. The van der Waals surface area contributed by atoms with E-state index in [2.05, 4.69) is 5.32 Å². The average molecular weight is 238 g/mol. The Labute approximate surface area is 99.0 Å². The van der Waals surface area contributed by atoms with Gasteiger partial charge in [0.05, 0.1) is 11.0 Å². The molecule has 0 heterocycles. The molecule has 0 bridgehead atoms. The lowest BCUT2D eigenvalue weighted by atomic mass is 10.1. The van der Waals surface area contributed by atoms with E-state index in [-0.39, 0.29) is 11.7 Å². The second kappa shape index (κ2) is 4.69. The number of halogens is 1. The molecule has 1 unspecified atom stereocenters. The number of benzene rings is 1. The summed E-state index contributed by atoms with van der Waals surface area (Å²) in [4.78, 5) is 10.3. The van der Waals surface area contributed by atoms with E-state index < -0.39 is 10.7 Å². The minimum absolute atomic E-state index is 0.191. The van der Waals surface area contributed by atoms with Gasteiger partial charge in [-0.3, -0.25) is 10.1 Å². The molecule has 2 rings (SSSR count). The monoisotopic (exact) mass is 238 g/mol. The van der Waals surface area contributed by atoms with E-state index in [1.165, 1.54) is 25.0 Å². The fourth-order valence-corrected chi connectivity index (χ4v) is 2.03. The highest BCUT2D eigenvalue weighted by atomic mass is 19.1. The van der Waals surface area contributed by atoms with Crippen LogP contribution in [0.5, 0.6) is 0 Å². The summed E-state index contributed by atoms with van der Waals surface area (Å²) in [6, 6.07) is 3.90. The maximum atomic E-state index is 13.0. The first-order chi connectivity index (χ1) is 8.11. The topological polar surface area (TPSA) is 55.2 Å². The van der Waals surface area contributed by atoms with Crippen molar-refractivity contribution < 1.29 is 9.31 Å². The maximum absolute atomic E-state index is 13.0. The van der Waals surface area contributed by atoms with Gasteiger partial charge < -0.3 is 5.32 Å². The first kappa shape index (κ1) is 11.8. The largest absolute Gasteiger partial charge is 0.376 e. The van der Waals surface area contributed by atoms with Crippen LogP contribution in [0.25, 0.3) is 0 Å². The number of anilines is 1. The summed E-state index contributed by atoms with van der Waals surface area (Å²) in [5, 5.41) is 14.0. The van der Waals surface area contributed by atoms with Crippen molar-refractivity contribution in [3.05, 3.63) is 34.1 Å². The molecule has 1 N–H and O–H groups in total. The molecule has 1 aromatic rings. The molecule has 1 aromatic carbocycles. The molecule has 0 aliphatic heterocycles. The van der Waals surface area contributed by atoms with Crippen LogP contribution in [0.1, 0.15) is 26.2 Å². The zero-order valence-electron chi connectivity index (χ0n) is 9.65. The minimum atomic E-state index is -0.582. The summed E-state index contributed by atoms with van der Waals surface area (Å²) in [5.74, 6) is 0.0198. The van der Waals surface area contributed by atoms with Crippen molar-refractivity contribution >= 4 is 11.4 Å². The van der Waals surface area contributed by atoms with E-state index in [4.69, 9.17) is 0 Å². The Balaban J connectivity index is 2.21. The smallest absolute Gasteiger partial charge is 0.295 e. The van der Waals surface area contributed by atoms with Crippen molar-refractivity contribution in [2.75, 3.05) is 5.32 Å². The second-order valence-electron chi connectivity index (χ2n) is 4.42. The molecular formula is C12H15FN2O2. The van der Waals surface area contributed by atoms with Crippen LogP contribution in [0.2, 0.25) is 0 Å². The number of nitro benzene ring substituents is 1. The number of hydrogen-bond donors (Lipinski definition) is 1. The quantitative estimate of drug-likeness (QED) is 0.632. The lowest BCUT2D eigenvalue weighted by Crippen LogP contribution is -2.21. The molecule has 1 atom stereocenters. The van der Waals surface area contributed by atoms with Crippen molar-refractivity contribution in [3.8, 4) is 0 Å². The van der Waals surface area contributed by atoms with E-state index in [0.29, 0.717) is 11.6 Å². The summed E-state index contributed by atoms with van der Waals surface area (Å²) in [6.07, 6.45) is 3.25. The van der Waals surface area contributed by atoms with Gasteiger partial charge in [0.1, 0.15) is 11.5 Å². The van der Waals surface area contributed by atoms with Crippen LogP contribution in [-0.4, -0.2) is 11.0 Å². The first-order valence-electron chi connectivity index (χ1n) is 5.82. The number of hydrogen-bond acceptors (Lipinski definition) is 3. The van der Waals surface area contributed by atoms with Crippen molar-refractivity contribution in [3.63, 3.8) is 0 Å². The summed E-state index contributed by atoms with van der Waals surface area (Å²) in [5.41, 5.74) is 0.222. The van der Waals surface area contributed by atoms with Crippen molar-refractivity contribution in [1.82, 2.24) is 0 Å². The molecule has 1 aliphatic carbocycles. The molecule has 0 radical (unpaired) electrons. The third-order valence-electron chi connectivity index (χ3n) is 3.13. The SMILES string of the molecule is CCC(Nc1ccc(F)cc1[N+](=O)[O-])C1CC1. The zero-order valence-corrected chi connectivity index (χ0v) is 9.65. The van der Waals surface area contributed by atoms with Gasteiger partial charge in [-0.15, -0.1) is 0 Å². The molecule has 17 heavy (non-hydrogen) atoms. The van der Waals surface area contributed by atoms with E-state index in [9.17, 15) is 14.5 Å². The Kier molecular flexibility index (Phi) is 3.26. The first-order valence-corrected chi connectivity index (χ1v) is 5.82. The van der Waals surface area contributed by atoms with Crippen molar-refractivity contribution in [1.29, 1.82) is 0 Å². The number of nitrogens with one attached hydrogen (secondary N) is 1. The lowest BCUT2D eigenvalue weighted by molar-refractivity contribution is -0.384. The van der Waals surface area contributed by atoms with Crippen LogP contribution in [0.4, 0.5) is 15.8 Å². The number of nitrogens with zero attached hydrogens (tertiary/aromatic N) is 1. The summed E-state index contributed by atoms with van der Waals surface area (Å²) < 4.78 is 13.0. The van der Waals surface area contributed by atoms with Gasteiger partial charge in [0, 0.05) is 6.04 Å². The van der Waals surface area contributed by atoms with Gasteiger partial charge in [-0.05, 0) is 37.3 Å². The van der Waals surface area contributed by atoms with Crippen molar-refractivity contribution in [2.24, 2.45) is 5.92 Å². The third-order valence-corrected chi connectivity index (χ3v) is 3.13. The summed E-state index contributed by atoms with van der Waals surface area (Å²) in [6.45, 7) is 2.05. The Morgan fingerprint density at radius 1 is 1.59 bits per heavy atom.